The standard InChI is InChI=1S/C10H14N2OS/c1-7-3-4-11-6-8(7)9-5-10(13-2)12-14-9/h5,11H,3-4,6H2,1-2H3. The maximum atomic E-state index is 5.08. The van der Waals surface area contributed by atoms with Crippen LogP contribution in [0.5, 0.6) is 5.88 Å². The van der Waals surface area contributed by atoms with Crippen molar-refractivity contribution in [2.24, 2.45) is 0 Å². The van der Waals surface area contributed by atoms with Gasteiger partial charge in [0.1, 0.15) is 0 Å². The number of nitrogens with one attached hydrogen (secondary N) is 1. The minimum absolute atomic E-state index is 0.718. The molecule has 0 atom stereocenters. The van der Waals surface area contributed by atoms with Crippen LogP contribution in [0.15, 0.2) is 11.6 Å². The van der Waals surface area contributed by atoms with Gasteiger partial charge in [-0.1, -0.05) is 5.57 Å². The van der Waals surface area contributed by atoms with Crippen molar-refractivity contribution in [1.29, 1.82) is 0 Å². The van der Waals surface area contributed by atoms with Crippen LogP contribution in [0.2, 0.25) is 0 Å². The Kier molecular flexibility index (Phi) is 2.84. The maximum absolute atomic E-state index is 5.08. The van der Waals surface area contributed by atoms with E-state index in [1.54, 1.807) is 7.11 Å². The Morgan fingerprint density at radius 3 is 3.07 bits per heavy atom. The molecule has 0 aromatic carbocycles. The second-order valence-corrected chi connectivity index (χ2v) is 4.22. The fourth-order valence-corrected chi connectivity index (χ4v) is 2.41. The Morgan fingerprint density at radius 2 is 2.43 bits per heavy atom. The highest BCUT2D eigenvalue weighted by atomic mass is 32.1. The summed E-state index contributed by atoms with van der Waals surface area (Å²) in [6.45, 7) is 4.24. The van der Waals surface area contributed by atoms with E-state index in [1.165, 1.54) is 27.6 Å². The van der Waals surface area contributed by atoms with Gasteiger partial charge in [0, 0.05) is 12.6 Å². The van der Waals surface area contributed by atoms with Gasteiger partial charge in [0.2, 0.25) is 5.88 Å². The third kappa shape index (κ3) is 1.81. The van der Waals surface area contributed by atoms with Crippen molar-refractivity contribution in [3.8, 4) is 5.88 Å². The number of rotatable bonds is 2. The van der Waals surface area contributed by atoms with Crippen LogP contribution in [0.25, 0.3) is 5.57 Å². The molecule has 1 aromatic heterocycles. The van der Waals surface area contributed by atoms with E-state index in [2.05, 4.69) is 16.6 Å². The molecule has 1 N–H and O–H groups in total. The molecule has 0 saturated heterocycles. The summed E-state index contributed by atoms with van der Waals surface area (Å²) < 4.78 is 9.28. The van der Waals surface area contributed by atoms with Gasteiger partial charge in [-0.2, -0.15) is 4.37 Å². The van der Waals surface area contributed by atoms with Crippen LogP contribution in [0, 0.1) is 0 Å². The van der Waals surface area contributed by atoms with Crippen LogP contribution in [-0.4, -0.2) is 24.6 Å². The number of hydrogen-bond acceptors (Lipinski definition) is 4. The Bertz CT molecular complexity index is 357. The molecule has 1 aliphatic heterocycles. The van der Waals surface area contributed by atoms with E-state index in [9.17, 15) is 0 Å². The van der Waals surface area contributed by atoms with Crippen molar-refractivity contribution in [3.05, 3.63) is 16.5 Å². The lowest BCUT2D eigenvalue weighted by Gasteiger charge is -2.17. The van der Waals surface area contributed by atoms with Crippen LogP contribution in [0.1, 0.15) is 18.2 Å². The highest BCUT2D eigenvalue weighted by Gasteiger charge is 2.13. The smallest absolute Gasteiger partial charge is 0.225 e. The molecule has 0 radical (unpaired) electrons. The highest BCUT2D eigenvalue weighted by molar-refractivity contribution is 7.07. The number of hydrogen-bond donors (Lipinski definition) is 1. The zero-order valence-electron chi connectivity index (χ0n) is 8.46. The molecule has 1 aromatic rings. The van der Waals surface area contributed by atoms with E-state index < -0.39 is 0 Å². The number of ether oxygens (including phenoxy) is 1. The molecule has 0 spiro atoms. The van der Waals surface area contributed by atoms with Crippen LogP contribution in [0.4, 0.5) is 0 Å². The summed E-state index contributed by atoms with van der Waals surface area (Å²) in [5.74, 6) is 0.718. The molecule has 0 amide bonds. The Balaban J connectivity index is 2.29. The van der Waals surface area contributed by atoms with Crippen molar-refractivity contribution in [2.45, 2.75) is 13.3 Å². The van der Waals surface area contributed by atoms with Gasteiger partial charge in [-0.05, 0) is 37.0 Å². The monoisotopic (exact) mass is 210 g/mol. The molecule has 14 heavy (non-hydrogen) atoms. The first-order valence-electron chi connectivity index (χ1n) is 4.71. The van der Waals surface area contributed by atoms with Crippen LogP contribution in [0.3, 0.4) is 0 Å². The molecule has 2 heterocycles. The molecule has 0 aliphatic carbocycles. The fourth-order valence-electron chi connectivity index (χ4n) is 1.59. The largest absolute Gasteiger partial charge is 0.480 e. The molecular weight excluding hydrogens is 196 g/mol. The zero-order chi connectivity index (χ0) is 9.97. The zero-order valence-corrected chi connectivity index (χ0v) is 9.28. The Morgan fingerprint density at radius 1 is 1.57 bits per heavy atom. The van der Waals surface area contributed by atoms with E-state index in [0.717, 1.165) is 25.4 Å². The van der Waals surface area contributed by atoms with E-state index >= 15 is 0 Å². The summed E-state index contributed by atoms with van der Waals surface area (Å²) in [6.07, 6.45) is 1.13. The number of aromatic nitrogens is 1. The summed E-state index contributed by atoms with van der Waals surface area (Å²) in [4.78, 5) is 1.23. The molecule has 0 fully saturated rings. The molecule has 1 aliphatic rings. The van der Waals surface area contributed by atoms with Crippen LogP contribution < -0.4 is 10.1 Å². The first-order valence-corrected chi connectivity index (χ1v) is 5.49. The first kappa shape index (κ1) is 9.68. The molecule has 2 rings (SSSR count). The van der Waals surface area contributed by atoms with E-state index in [1.807, 2.05) is 6.07 Å². The number of nitrogens with zero attached hydrogens (tertiary/aromatic N) is 1. The second kappa shape index (κ2) is 4.11. The van der Waals surface area contributed by atoms with Gasteiger partial charge in [0.25, 0.3) is 0 Å². The third-order valence-electron chi connectivity index (χ3n) is 2.49. The average molecular weight is 210 g/mol. The predicted octanol–water partition coefficient (Wildman–Crippen LogP) is 1.92. The topological polar surface area (TPSA) is 34.1 Å². The summed E-state index contributed by atoms with van der Waals surface area (Å²) in [7, 11) is 1.65. The van der Waals surface area contributed by atoms with Crippen molar-refractivity contribution >= 4 is 17.1 Å². The van der Waals surface area contributed by atoms with Gasteiger partial charge in [-0.15, -0.1) is 0 Å². The molecule has 0 bridgehead atoms. The molecule has 76 valence electrons. The van der Waals surface area contributed by atoms with Gasteiger partial charge >= 0.3 is 0 Å². The SMILES string of the molecule is COc1cc(C2=C(C)CCNC2)sn1. The van der Waals surface area contributed by atoms with Crippen molar-refractivity contribution in [3.63, 3.8) is 0 Å². The molecule has 0 saturated carbocycles. The highest BCUT2D eigenvalue weighted by Crippen LogP contribution is 2.28. The molecule has 0 unspecified atom stereocenters. The quantitative estimate of drug-likeness (QED) is 0.809. The van der Waals surface area contributed by atoms with Crippen molar-refractivity contribution in [2.75, 3.05) is 20.2 Å². The van der Waals surface area contributed by atoms with Gasteiger partial charge in [0.15, 0.2) is 0 Å². The van der Waals surface area contributed by atoms with E-state index in [-0.39, 0.29) is 0 Å². The molecule has 4 heteroatoms. The minimum Gasteiger partial charge on any atom is -0.480 e. The van der Waals surface area contributed by atoms with Gasteiger partial charge in [-0.3, -0.25) is 0 Å². The lowest BCUT2D eigenvalue weighted by molar-refractivity contribution is 0.402. The first-order chi connectivity index (χ1) is 6.81. The Labute approximate surface area is 88.0 Å². The van der Waals surface area contributed by atoms with Gasteiger partial charge in [-0.25, -0.2) is 0 Å². The minimum atomic E-state index is 0.718. The number of methoxy groups -OCH3 is 1. The average Bonchev–Trinajstić information content (AvgIpc) is 2.67. The van der Waals surface area contributed by atoms with E-state index in [0.29, 0.717) is 0 Å². The van der Waals surface area contributed by atoms with Crippen LogP contribution >= 0.6 is 11.5 Å². The third-order valence-corrected chi connectivity index (χ3v) is 3.32. The predicted molar refractivity (Wildman–Crippen MR) is 58.7 cm³/mol. The summed E-state index contributed by atoms with van der Waals surface area (Å²) in [6, 6.07) is 2.01. The van der Waals surface area contributed by atoms with E-state index in [4.69, 9.17) is 4.74 Å². The second-order valence-electron chi connectivity index (χ2n) is 3.42. The van der Waals surface area contributed by atoms with Crippen molar-refractivity contribution in [1.82, 2.24) is 9.69 Å². The van der Waals surface area contributed by atoms with Gasteiger partial charge in [0.05, 0.1) is 12.0 Å². The summed E-state index contributed by atoms with van der Waals surface area (Å²) in [5, 5.41) is 3.37. The lowest BCUT2D eigenvalue weighted by Crippen LogP contribution is -2.23. The normalized spacial score (nSPS) is 17.3. The molecular formula is C10H14N2OS. The van der Waals surface area contributed by atoms with Gasteiger partial charge < -0.3 is 10.1 Å². The lowest BCUT2D eigenvalue weighted by atomic mass is 10.0. The van der Waals surface area contributed by atoms with Crippen LogP contribution in [-0.2, 0) is 0 Å². The Hall–Kier alpha value is -0.870. The maximum Gasteiger partial charge on any atom is 0.225 e. The summed E-state index contributed by atoms with van der Waals surface area (Å²) in [5.41, 5.74) is 2.85. The molecule has 3 nitrogen and oxygen atoms in total. The fraction of sp³-hybridized carbons (Fsp3) is 0.500. The van der Waals surface area contributed by atoms with Crippen molar-refractivity contribution < 1.29 is 4.74 Å². The summed E-state index contributed by atoms with van der Waals surface area (Å²) >= 11 is 1.51.